The molecule has 0 atom stereocenters. The molecule has 0 aromatic carbocycles. The van der Waals surface area contributed by atoms with Crippen LogP contribution >= 0.6 is 8.19 Å². The van der Waals surface area contributed by atoms with Crippen LogP contribution in [-0.4, -0.2) is 4.98 Å². The molecule has 2 heterocycles. The quantitative estimate of drug-likeness (QED) is 0.592. The number of nitrogens with one attached hydrogen (secondary N) is 1. The highest BCUT2D eigenvalue weighted by Gasteiger charge is 1.91. The summed E-state index contributed by atoms with van der Waals surface area (Å²) in [4.78, 5) is 3.17. The highest BCUT2D eigenvalue weighted by molar-refractivity contribution is 7.30. The minimum absolute atomic E-state index is 1.26. The van der Waals surface area contributed by atoms with E-state index in [4.69, 9.17) is 0 Å². The Kier molecular flexibility index (Phi) is 1.25. The molecule has 50 valence electrons. The lowest BCUT2D eigenvalue weighted by atomic mass is 10.3. The summed E-state index contributed by atoms with van der Waals surface area (Å²) < 4.78 is 0. The summed E-state index contributed by atoms with van der Waals surface area (Å²) in [5, 5.41) is 2.73. The minimum Gasteiger partial charge on any atom is -0.361 e. The fourth-order valence-electron chi connectivity index (χ4n) is 1.06. The highest BCUT2D eigenvalue weighted by atomic mass is 31.0. The lowest BCUT2D eigenvalue weighted by Crippen LogP contribution is -1.64. The molecule has 0 amide bonds. The molecule has 0 spiro atoms. The third kappa shape index (κ3) is 0.833. The largest absolute Gasteiger partial charge is 0.361 e. The van der Waals surface area contributed by atoms with E-state index in [0.717, 1.165) is 0 Å². The van der Waals surface area contributed by atoms with E-state index in [1.165, 1.54) is 24.4 Å². The molecule has 0 unspecified atom stereocenters. The van der Waals surface area contributed by atoms with Gasteiger partial charge in [0.25, 0.3) is 0 Å². The number of aromatic amines is 1. The van der Waals surface area contributed by atoms with Crippen molar-refractivity contribution in [2.75, 3.05) is 0 Å². The van der Waals surface area contributed by atoms with Crippen LogP contribution in [0.1, 0.15) is 5.30 Å². The number of hydrogen-bond donors (Lipinski definition) is 1. The second-order valence-corrected chi connectivity index (χ2v) is 3.61. The Morgan fingerprint density at radius 3 is 3.30 bits per heavy atom. The van der Waals surface area contributed by atoms with E-state index in [9.17, 15) is 0 Å². The van der Waals surface area contributed by atoms with Crippen LogP contribution < -0.4 is 0 Å². The molecule has 2 rings (SSSR count). The van der Waals surface area contributed by atoms with E-state index >= 15 is 0 Å². The van der Waals surface area contributed by atoms with Crippen LogP contribution in [-0.2, 0) is 0 Å². The first-order valence-corrected chi connectivity index (χ1v) is 4.22. The molecule has 1 N–H and O–H groups in total. The molecule has 2 aromatic heterocycles. The molecule has 0 bridgehead atoms. The van der Waals surface area contributed by atoms with Gasteiger partial charge in [0, 0.05) is 17.1 Å². The lowest BCUT2D eigenvalue weighted by molar-refractivity contribution is 1.49. The van der Waals surface area contributed by atoms with Gasteiger partial charge in [-0.25, -0.2) is 0 Å². The summed E-state index contributed by atoms with van der Waals surface area (Å²) >= 11 is 0. The third-order valence-electron chi connectivity index (χ3n) is 1.57. The Labute approximate surface area is 61.2 Å². The van der Waals surface area contributed by atoms with Gasteiger partial charge in [-0.3, -0.25) is 0 Å². The van der Waals surface area contributed by atoms with Gasteiger partial charge in [0.05, 0.1) is 0 Å². The van der Waals surface area contributed by atoms with Crippen LogP contribution in [0.25, 0.3) is 10.9 Å². The summed E-state index contributed by atoms with van der Waals surface area (Å²) in [5.74, 6) is 2.20. The molecule has 0 fully saturated rings. The van der Waals surface area contributed by atoms with Gasteiger partial charge in [-0.1, -0.05) is 8.19 Å². The predicted molar refractivity (Wildman–Crippen MR) is 45.5 cm³/mol. The molecule has 10 heavy (non-hydrogen) atoms. The zero-order valence-electron chi connectivity index (χ0n) is 5.76. The summed E-state index contributed by atoms with van der Waals surface area (Å²) in [7, 11) is 1.32. The smallest absolute Gasteiger partial charge is 0.0500 e. The second-order valence-electron chi connectivity index (χ2n) is 2.39. The van der Waals surface area contributed by atoms with Crippen molar-refractivity contribution < 1.29 is 0 Å². The van der Waals surface area contributed by atoms with Crippen molar-refractivity contribution in [3.05, 3.63) is 29.4 Å². The van der Waals surface area contributed by atoms with E-state index in [2.05, 4.69) is 29.8 Å². The van der Waals surface area contributed by atoms with Crippen molar-refractivity contribution in [1.82, 2.24) is 4.98 Å². The van der Waals surface area contributed by atoms with E-state index in [0.29, 0.717) is 0 Å². The topological polar surface area (TPSA) is 15.8 Å². The Morgan fingerprint density at radius 2 is 2.40 bits per heavy atom. The first-order chi connectivity index (χ1) is 4.86. The van der Waals surface area contributed by atoms with Crippen LogP contribution in [0.4, 0.5) is 0 Å². The zero-order chi connectivity index (χ0) is 6.97. The van der Waals surface area contributed by atoms with Crippen LogP contribution in [0.15, 0.2) is 24.1 Å². The van der Waals surface area contributed by atoms with Crippen molar-refractivity contribution in [2.24, 2.45) is 0 Å². The van der Waals surface area contributed by atoms with Gasteiger partial charge >= 0.3 is 0 Å². The summed E-state index contributed by atoms with van der Waals surface area (Å²) in [6, 6.07) is 4.32. The van der Waals surface area contributed by atoms with Gasteiger partial charge in [-0.15, -0.1) is 0 Å². The highest BCUT2D eigenvalue weighted by Crippen LogP contribution is 2.20. The molecule has 0 aliphatic rings. The van der Waals surface area contributed by atoms with Crippen molar-refractivity contribution in [3.63, 3.8) is 0 Å². The summed E-state index contributed by atoms with van der Waals surface area (Å²) in [5.41, 5.74) is 1.26. The number of fused-ring (bicyclic) bond motifs is 1. The van der Waals surface area contributed by atoms with Gasteiger partial charge in [-0.05, 0) is 30.1 Å². The van der Waals surface area contributed by atoms with Crippen LogP contribution in [0, 0.1) is 6.92 Å². The van der Waals surface area contributed by atoms with Gasteiger partial charge in [-0.2, -0.15) is 0 Å². The molecule has 1 nitrogen and oxygen atoms in total. The molecule has 2 aromatic rings. The van der Waals surface area contributed by atoms with Crippen molar-refractivity contribution in [1.29, 1.82) is 0 Å². The lowest BCUT2D eigenvalue weighted by Gasteiger charge is -1.89. The minimum atomic E-state index is 1.26. The maximum absolute atomic E-state index is 3.17. The standard InChI is InChI=1S/C8H8NP/c1-6-4-7-2-3-9-8(7)5-10-6/h2-5,9H,1H3. The fourth-order valence-corrected chi connectivity index (χ4v) is 1.83. The molecule has 0 aliphatic carbocycles. The van der Waals surface area contributed by atoms with E-state index in [1.807, 2.05) is 6.20 Å². The average Bonchev–Trinajstić information content (AvgIpc) is 2.33. The molecule has 0 saturated carbocycles. The second kappa shape index (κ2) is 2.10. The summed E-state index contributed by atoms with van der Waals surface area (Å²) in [6.07, 6.45) is 1.98. The maximum atomic E-state index is 3.17. The third-order valence-corrected chi connectivity index (χ3v) is 2.50. The maximum Gasteiger partial charge on any atom is 0.0500 e. The van der Waals surface area contributed by atoms with Gasteiger partial charge in [0.2, 0.25) is 0 Å². The first-order valence-electron chi connectivity index (χ1n) is 3.26. The number of H-pyrrole nitrogens is 1. The van der Waals surface area contributed by atoms with E-state index in [1.54, 1.807) is 0 Å². The van der Waals surface area contributed by atoms with Crippen LogP contribution in [0.3, 0.4) is 0 Å². The fraction of sp³-hybridized carbons (Fsp3) is 0.125. The number of hydrogen-bond acceptors (Lipinski definition) is 0. The number of aromatic nitrogens is 1. The zero-order valence-corrected chi connectivity index (χ0v) is 6.65. The molecular weight excluding hydrogens is 141 g/mol. The Balaban J connectivity index is 2.86. The average molecular weight is 149 g/mol. The van der Waals surface area contributed by atoms with Crippen molar-refractivity contribution in [2.45, 2.75) is 6.92 Å². The molecule has 2 heteroatoms. The predicted octanol–water partition coefficient (Wildman–Crippen LogP) is 3.06. The molecule has 0 aliphatic heterocycles. The Bertz CT molecular complexity index is 351. The SMILES string of the molecule is Cc1cc2cc[nH]c2cp1. The van der Waals surface area contributed by atoms with E-state index in [-0.39, 0.29) is 0 Å². The van der Waals surface area contributed by atoms with Gasteiger partial charge < -0.3 is 4.98 Å². The molecular formula is C8H8NP. The monoisotopic (exact) mass is 149 g/mol. The molecule has 0 saturated heterocycles. The number of rotatable bonds is 0. The van der Waals surface area contributed by atoms with E-state index < -0.39 is 0 Å². The van der Waals surface area contributed by atoms with Crippen LogP contribution in [0.2, 0.25) is 0 Å². The number of aryl methyl sites for hydroxylation is 1. The first kappa shape index (κ1) is 5.94. The van der Waals surface area contributed by atoms with Crippen molar-refractivity contribution in [3.8, 4) is 0 Å². The van der Waals surface area contributed by atoms with Gasteiger partial charge in [0.15, 0.2) is 0 Å². The van der Waals surface area contributed by atoms with Gasteiger partial charge in [0.1, 0.15) is 0 Å². The van der Waals surface area contributed by atoms with Crippen LogP contribution in [0.5, 0.6) is 0 Å². The Morgan fingerprint density at radius 1 is 1.50 bits per heavy atom. The van der Waals surface area contributed by atoms with Crippen molar-refractivity contribution >= 4 is 19.1 Å². The Hall–Kier alpha value is -0.810. The summed E-state index contributed by atoms with van der Waals surface area (Å²) in [6.45, 7) is 2.15. The normalized spacial score (nSPS) is 11.3. The molecule has 0 radical (unpaired) electrons.